The molecule has 3 N–H and O–H groups in total. The van der Waals surface area contributed by atoms with E-state index >= 15 is 0 Å². The van der Waals surface area contributed by atoms with Gasteiger partial charge in [-0.3, -0.25) is 9.59 Å². The SMILES string of the molecule is CCOC(=O)c1c(-c2ccc(C)cc2)csc1NC(=O)C(C)Sc1cccc(NC(=O)c2c(Cl)c(Cl)c(Cl)c(Cl)c2C(=O)O)c1. The normalized spacial score (nSPS) is 11.5. The van der Waals surface area contributed by atoms with Crippen LogP contribution >= 0.6 is 69.5 Å². The van der Waals surface area contributed by atoms with E-state index in [2.05, 4.69) is 10.6 Å². The van der Waals surface area contributed by atoms with E-state index in [4.69, 9.17) is 51.1 Å². The van der Waals surface area contributed by atoms with Crippen LogP contribution in [0.15, 0.2) is 58.8 Å². The number of rotatable bonds is 10. The highest BCUT2D eigenvalue weighted by Crippen LogP contribution is 2.42. The molecule has 0 aliphatic carbocycles. The Balaban J connectivity index is 1.53. The van der Waals surface area contributed by atoms with E-state index in [1.165, 1.54) is 23.1 Å². The predicted octanol–water partition coefficient (Wildman–Crippen LogP) is 9.58. The molecule has 0 saturated heterocycles. The predicted molar refractivity (Wildman–Crippen MR) is 182 cm³/mol. The van der Waals surface area contributed by atoms with Gasteiger partial charge in [-0.1, -0.05) is 82.3 Å². The second kappa shape index (κ2) is 14.9. The average Bonchev–Trinajstić information content (AvgIpc) is 3.41. The van der Waals surface area contributed by atoms with E-state index in [-0.39, 0.29) is 38.8 Å². The molecule has 0 fully saturated rings. The van der Waals surface area contributed by atoms with Crippen LogP contribution in [-0.2, 0) is 9.53 Å². The van der Waals surface area contributed by atoms with E-state index in [0.29, 0.717) is 15.5 Å². The molecule has 4 aromatic rings. The Morgan fingerprint density at radius 3 is 2.18 bits per heavy atom. The van der Waals surface area contributed by atoms with Gasteiger partial charge in [-0.2, -0.15) is 0 Å². The van der Waals surface area contributed by atoms with Crippen LogP contribution in [-0.4, -0.2) is 40.7 Å². The summed E-state index contributed by atoms with van der Waals surface area (Å²) in [4.78, 5) is 51.8. The number of anilines is 2. The summed E-state index contributed by atoms with van der Waals surface area (Å²) in [5.74, 6) is -3.29. The first-order valence-corrected chi connectivity index (χ1v) is 16.4. The summed E-state index contributed by atoms with van der Waals surface area (Å²) in [7, 11) is 0. The molecule has 3 aromatic carbocycles. The summed E-state index contributed by atoms with van der Waals surface area (Å²) < 4.78 is 5.29. The van der Waals surface area contributed by atoms with Crippen LogP contribution in [0.2, 0.25) is 20.1 Å². The van der Waals surface area contributed by atoms with Gasteiger partial charge in [0.05, 0.1) is 43.1 Å². The van der Waals surface area contributed by atoms with Gasteiger partial charge in [0.1, 0.15) is 10.6 Å². The van der Waals surface area contributed by atoms with Gasteiger partial charge < -0.3 is 20.5 Å². The summed E-state index contributed by atoms with van der Waals surface area (Å²) in [6, 6.07) is 14.2. The fourth-order valence-corrected chi connectivity index (χ4v) is 7.06. The van der Waals surface area contributed by atoms with Crippen molar-refractivity contribution < 1.29 is 29.0 Å². The highest BCUT2D eigenvalue weighted by Gasteiger charge is 2.29. The monoisotopic (exact) mass is 724 g/mol. The van der Waals surface area contributed by atoms with Crippen LogP contribution in [0.4, 0.5) is 10.7 Å². The van der Waals surface area contributed by atoms with Crippen molar-refractivity contribution in [3.63, 3.8) is 0 Å². The smallest absolute Gasteiger partial charge is 0.341 e. The number of amides is 2. The summed E-state index contributed by atoms with van der Waals surface area (Å²) in [5, 5.41) is 15.3. The number of hydrogen-bond acceptors (Lipinski definition) is 7. The summed E-state index contributed by atoms with van der Waals surface area (Å²) in [6.45, 7) is 5.55. The van der Waals surface area contributed by atoms with E-state index < -0.39 is 39.2 Å². The first-order chi connectivity index (χ1) is 21.3. The fraction of sp³-hybridized carbons (Fsp3) is 0.161. The maximum atomic E-state index is 13.3. The van der Waals surface area contributed by atoms with Crippen molar-refractivity contribution in [2.45, 2.75) is 30.9 Å². The number of carboxylic acid groups (broad SMARTS) is 1. The average molecular weight is 726 g/mol. The molecular weight excluding hydrogens is 702 g/mol. The first-order valence-electron chi connectivity index (χ1n) is 13.2. The Labute approximate surface area is 287 Å². The number of thioether (sulfide) groups is 1. The largest absolute Gasteiger partial charge is 0.478 e. The van der Waals surface area contributed by atoms with Gasteiger partial charge in [0, 0.05) is 21.5 Å². The number of nitrogens with one attached hydrogen (secondary N) is 2. The van der Waals surface area contributed by atoms with Gasteiger partial charge in [-0.25, -0.2) is 9.59 Å². The lowest BCUT2D eigenvalue weighted by atomic mass is 10.0. The van der Waals surface area contributed by atoms with Crippen molar-refractivity contribution in [2.24, 2.45) is 0 Å². The third kappa shape index (κ3) is 7.77. The van der Waals surface area contributed by atoms with Gasteiger partial charge >= 0.3 is 11.9 Å². The first kappa shape index (κ1) is 34.6. The van der Waals surface area contributed by atoms with Gasteiger partial charge in [-0.05, 0) is 44.5 Å². The number of benzene rings is 3. The molecule has 0 radical (unpaired) electrons. The lowest BCUT2D eigenvalue weighted by molar-refractivity contribution is -0.115. The molecule has 1 aromatic heterocycles. The third-order valence-corrected chi connectivity index (χ3v) is 10.1. The number of aromatic carboxylic acids is 1. The lowest BCUT2D eigenvalue weighted by Crippen LogP contribution is -2.23. The molecule has 14 heteroatoms. The summed E-state index contributed by atoms with van der Waals surface area (Å²) in [6.07, 6.45) is 0. The van der Waals surface area contributed by atoms with Crippen molar-refractivity contribution in [1.29, 1.82) is 0 Å². The molecule has 1 unspecified atom stereocenters. The number of carboxylic acids is 1. The van der Waals surface area contributed by atoms with Crippen molar-refractivity contribution in [1.82, 2.24) is 0 Å². The maximum Gasteiger partial charge on any atom is 0.341 e. The molecule has 0 saturated carbocycles. The van der Waals surface area contributed by atoms with E-state index in [1.54, 1.807) is 43.5 Å². The molecular formula is C31H24Cl4N2O6S2. The second-order valence-corrected chi connectivity index (χ2v) is 13.3. The quantitative estimate of drug-likeness (QED) is 0.0644. The topological polar surface area (TPSA) is 122 Å². The molecule has 0 aliphatic rings. The molecule has 2 amide bonds. The third-order valence-electron chi connectivity index (χ3n) is 6.35. The minimum Gasteiger partial charge on any atom is -0.478 e. The molecule has 8 nitrogen and oxygen atoms in total. The van der Waals surface area contributed by atoms with Crippen molar-refractivity contribution >= 4 is 104 Å². The number of thiophene rings is 1. The highest BCUT2D eigenvalue weighted by molar-refractivity contribution is 8.00. The number of halogens is 4. The molecule has 45 heavy (non-hydrogen) atoms. The van der Waals surface area contributed by atoms with Crippen molar-refractivity contribution in [3.05, 3.63) is 96.3 Å². The van der Waals surface area contributed by atoms with E-state index in [1.807, 2.05) is 31.2 Å². The number of esters is 1. The molecule has 0 aliphatic heterocycles. The van der Waals surface area contributed by atoms with Crippen LogP contribution in [0, 0.1) is 6.92 Å². The zero-order chi connectivity index (χ0) is 33.0. The van der Waals surface area contributed by atoms with Crippen LogP contribution in [0.5, 0.6) is 0 Å². The van der Waals surface area contributed by atoms with Crippen LogP contribution in [0.25, 0.3) is 11.1 Å². The Hall–Kier alpha value is -3.25. The Morgan fingerprint density at radius 1 is 0.911 bits per heavy atom. The minimum absolute atomic E-state index is 0.177. The van der Waals surface area contributed by atoms with Crippen LogP contribution < -0.4 is 10.6 Å². The van der Waals surface area contributed by atoms with Crippen LogP contribution in [0.3, 0.4) is 0 Å². The summed E-state index contributed by atoms with van der Waals surface area (Å²) >= 11 is 26.8. The standard InChI is InChI=1S/C31H24Cl4N2O6S2/c1-4-43-31(42)20-19(16-10-8-14(2)9-11-16)13-44-29(20)37-27(38)15(3)45-18-7-5-6-17(12-18)36-28(39)21-22(30(40)41)24(33)26(35)25(34)23(21)32/h5-13,15H,4H2,1-3H3,(H,36,39)(H,37,38)(H,40,41). The number of carbonyl (C=O) groups is 4. The molecule has 234 valence electrons. The summed E-state index contributed by atoms with van der Waals surface area (Å²) in [5.41, 5.74) is 2.08. The van der Waals surface area contributed by atoms with Crippen molar-refractivity contribution in [2.75, 3.05) is 17.2 Å². The molecule has 1 heterocycles. The van der Waals surface area contributed by atoms with Gasteiger partial charge in [0.25, 0.3) is 5.91 Å². The number of aryl methyl sites for hydroxylation is 1. The van der Waals surface area contributed by atoms with Crippen molar-refractivity contribution in [3.8, 4) is 11.1 Å². The highest BCUT2D eigenvalue weighted by atomic mass is 35.5. The van der Waals surface area contributed by atoms with Gasteiger partial charge in [0.15, 0.2) is 0 Å². The number of ether oxygens (including phenoxy) is 1. The maximum absolute atomic E-state index is 13.3. The molecule has 1 atom stereocenters. The van der Waals surface area contributed by atoms with Gasteiger partial charge in [-0.15, -0.1) is 23.1 Å². The minimum atomic E-state index is -1.52. The lowest BCUT2D eigenvalue weighted by Gasteiger charge is -2.15. The fourth-order valence-electron chi connectivity index (χ4n) is 4.16. The zero-order valence-electron chi connectivity index (χ0n) is 23.8. The molecule has 4 rings (SSSR count). The molecule has 0 spiro atoms. The van der Waals surface area contributed by atoms with Gasteiger partial charge in [0.2, 0.25) is 5.91 Å². The molecule has 0 bridgehead atoms. The number of carbonyl (C=O) groups excluding carboxylic acids is 3. The second-order valence-electron chi connectivity index (χ2n) is 9.48. The Kier molecular flexibility index (Phi) is 11.5. The van der Waals surface area contributed by atoms with E-state index in [9.17, 15) is 24.3 Å². The number of hydrogen-bond donors (Lipinski definition) is 3. The van der Waals surface area contributed by atoms with E-state index in [0.717, 1.165) is 11.1 Å². The van der Waals surface area contributed by atoms with Crippen LogP contribution in [0.1, 0.15) is 50.5 Å². The Morgan fingerprint density at radius 2 is 1.56 bits per heavy atom. The Bertz CT molecular complexity index is 1810. The zero-order valence-corrected chi connectivity index (χ0v) is 28.5.